The van der Waals surface area contributed by atoms with Gasteiger partial charge in [-0.1, -0.05) is 74.1 Å². The number of hydrogen-bond acceptors (Lipinski definition) is 6. The summed E-state index contributed by atoms with van der Waals surface area (Å²) in [5.41, 5.74) is 1.13. The Bertz CT molecular complexity index is 1810. The molecule has 39 heavy (non-hydrogen) atoms. The van der Waals surface area contributed by atoms with E-state index in [4.69, 9.17) is 4.74 Å². The first-order valence-corrected chi connectivity index (χ1v) is 14.2. The highest BCUT2D eigenvalue weighted by molar-refractivity contribution is 7.99. The molecule has 1 amide bonds. The molecule has 9 heteroatoms. The minimum atomic E-state index is -0.554. The van der Waals surface area contributed by atoms with Crippen molar-refractivity contribution in [1.29, 1.82) is 0 Å². The molecule has 200 valence electrons. The fourth-order valence-electron chi connectivity index (χ4n) is 4.65. The SMILES string of the molecule is COC(=O)Nc1cccc(Sc2c(Cc3cccc4ccccc34)sc3c2c(=O)n(C)c(=O)n3CC(C)C)c1. The summed E-state index contributed by atoms with van der Waals surface area (Å²) in [6, 6.07) is 21.9. The minimum absolute atomic E-state index is 0.226. The molecule has 0 aliphatic heterocycles. The first kappa shape index (κ1) is 26.8. The lowest BCUT2D eigenvalue weighted by Gasteiger charge is -2.12. The van der Waals surface area contributed by atoms with Crippen molar-refractivity contribution in [3.63, 3.8) is 0 Å². The van der Waals surface area contributed by atoms with Gasteiger partial charge in [0, 0.05) is 40.4 Å². The first-order chi connectivity index (χ1) is 18.8. The molecule has 5 aromatic rings. The van der Waals surface area contributed by atoms with Gasteiger partial charge in [-0.3, -0.25) is 19.2 Å². The third-order valence-electron chi connectivity index (χ3n) is 6.46. The molecule has 2 heterocycles. The number of fused-ring (bicyclic) bond motifs is 2. The van der Waals surface area contributed by atoms with Crippen LogP contribution < -0.4 is 16.6 Å². The number of carbonyl (C=O) groups excluding carboxylic acids is 1. The van der Waals surface area contributed by atoms with E-state index in [1.807, 2.05) is 36.4 Å². The van der Waals surface area contributed by atoms with Crippen LogP contribution in [0.15, 0.2) is 86.1 Å². The molecule has 0 aliphatic rings. The number of carbonyl (C=O) groups is 1. The second-order valence-corrected chi connectivity index (χ2v) is 11.9. The van der Waals surface area contributed by atoms with E-state index in [-0.39, 0.29) is 17.2 Å². The van der Waals surface area contributed by atoms with E-state index in [0.29, 0.717) is 28.9 Å². The summed E-state index contributed by atoms with van der Waals surface area (Å²) < 4.78 is 7.67. The van der Waals surface area contributed by atoms with E-state index in [0.717, 1.165) is 31.0 Å². The van der Waals surface area contributed by atoms with Crippen LogP contribution in [-0.4, -0.2) is 22.3 Å². The van der Waals surface area contributed by atoms with Crippen LogP contribution in [0.3, 0.4) is 0 Å². The van der Waals surface area contributed by atoms with E-state index in [1.54, 1.807) is 17.7 Å². The van der Waals surface area contributed by atoms with Gasteiger partial charge in [0.1, 0.15) is 4.83 Å². The molecule has 0 saturated carbocycles. The van der Waals surface area contributed by atoms with Crippen LogP contribution in [0.5, 0.6) is 0 Å². The molecule has 0 aliphatic carbocycles. The van der Waals surface area contributed by atoms with Gasteiger partial charge >= 0.3 is 11.8 Å². The molecule has 3 aromatic carbocycles. The maximum Gasteiger partial charge on any atom is 0.411 e. The van der Waals surface area contributed by atoms with Crippen molar-refractivity contribution in [3.05, 3.63) is 98.0 Å². The molecule has 0 unspecified atom stereocenters. The Labute approximate surface area is 234 Å². The monoisotopic (exact) mass is 559 g/mol. The summed E-state index contributed by atoms with van der Waals surface area (Å²) in [6.45, 7) is 4.63. The van der Waals surface area contributed by atoms with Crippen molar-refractivity contribution in [2.24, 2.45) is 13.0 Å². The lowest BCUT2D eigenvalue weighted by atomic mass is 10.0. The van der Waals surface area contributed by atoms with Crippen LogP contribution >= 0.6 is 23.1 Å². The van der Waals surface area contributed by atoms with Gasteiger partial charge in [0.05, 0.1) is 12.5 Å². The lowest BCUT2D eigenvalue weighted by molar-refractivity contribution is 0.187. The van der Waals surface area contributed by atoms with Gasteiger partial charge in [-0.05, 0) is 40.5 Å². The Morgan fingerprint density at radius 2 is 1.79 bits per heavy atom. The Morgan fingerprint density at radius 3 is 2.56 bits per heavy atom. The molecule has 1 N–H and O–H groups in total. The number of nitrogens with one attached hydrogen (secondary N) is 1. The molecule has 0 bridgehead atoms. The van der Waals surface area contributed by atoms with E-state index >= 15 is 0 Å². The fraction of sp³-hybridized carbons (Fsp3) is 0.233. The van der Waals surface area contributed by atoms with Crippen LogP contribution in [0.2, 0.25) is 0 Å². The summed E-state index contributed by atoms with van der Waals surface area (Å²) in [5, 5.41) is 5.56. The van der Waals surface area contributed by atoms with Gasteiger partial charge in [0.2, 0.25) is 0 Å². The van der Waals surface area contributed by atoms with Gasteiger partial charge in [0.15, 0.2) is 0 Å². The second kappa shape index (κ2) is 11.1. The average Bonchev–Trinajstić information content (AvgIpc) is 3.27. The van der Waals surface area contributed by atoms with E-state index < -0.39 is 6.09 Å². The van der Waals surface area contributed by atoms with Gasteiger partial charge in [-0.25, -0.2) is 9.59 Å². The Morgan fingerprint density at radius 1 is 1.05 bits per heavy atom. The number of amides is 1. The van der Waals surface area contributed by atoms with Crippen LogP contribution in [0.4, 0.5) is 10.5 Å². The van der Waals surface area contributed by atoms with Gasteiger partial charge in [-0.2, -0.15) is 0 Å². The van der Waals surface area contributed by atoms with E-state index in [1.165, 1.54) is 34.8 Å². The highest BCUT2D eigenvalue weighted by atomic mass is 32.2. The highest BCUT2D eigenvalue weighted by Crippen LogP contribution is 2.42. The van der Waals surface area contributed by atoms with Crippen molar-refractivity contribution >= 4 is 55.9 Å². The predicted octanol–water partition coefficient (Wildman–Crippen LogP) is 6.49. The van der Waals surface area contributed by atoms with Gasteiger partial charge in [0.25, 0.3) is 5.56 Å². The van der Waals surface area contributed by atoms with Crippen molar-refractivity contribution in [1.82, 2.24) is 9.13 Å². The molecule has 0 atom stereocenters. The summed E-state index contributed by atoms with van der Waals surface area (Å²) in [5.74, 6) is 0.226. The summed E-state index contributed by atoms with van der Waals surface area (Å²) in [7, 11) is 2.86. The summed E-state index contributed by atoms with van der Waals surface area (Å²) in [4.78, 5) is 42.0. The smallest absolute Gasteiger partial charge is 0.411 e. The minimum Gasteiger partial charge on any atom is -0.453 e. The Balaban J connectivity index is 1.71. The molecule has 5 rings (SSSR count). The maximum absolute atomic E-state index is 13.6. The second-order valence-electron chi connectivity index (χ2n) is 9.75. The average molecular weight is 560 g/mol. The number of rotatable bonds is 7. The zero-order chi connectivity index (χ0) is 27.7. The molecular weight excluding hydrogens is 530 g/mol. The molecule has 0 spiro atoms. The standard InChI is InChI=1S/C30H29N3O4S2/c1-18(2)17-33-28-25(27(34)32(3)30(33)36)26(38-22-13-8-12-21(16-22)31-29(35)37-4)24(39-28)15-20-11-7-10-19-9-5-6-14-23(19)20/h5-14,16,18H,15,17H2,1-4H3,(H,31,35). The van der Waals surface area contributed by atoms with Gasteiger partial charge < -0.3 is 4.74 Å². The number of anilines is 1. The predicted molar refractivity (Wildman–Crippen MR) is 160 cm³/mol. The topological polar surface area (TPSA) is 82.3 Å². The number of methoxy groups -OCH3 is 1. The van der Waals surface area contributed by atoms with Crippen LogP contribution in [0, 0.1) is 5.92 Å². The Hall–Kier alpha value is -3.82. The molecule has 0 saturated heterocycles. The zero-order valence-corrected chi connectivity index (χ0v) is 23.8. The summed E-state index contributed by atoms with van der Waals surface area (Å²) in [6.07, 6.45) is 0.0589. The molecule has 0 fully saturated rings. The largest absolute Gasteiger partial charge is 0.453 e. The Kier molecular flexibility index (Phi) is 7.63. The van der Waals surface area contributed by atoms with Crippen molar-refractivity contribution < 1.29 is 9.53 Å². The third kappa shape index (κ3) is 5.37. The number of thiophene rings is 1. The maximum atomic E-state index is 13.6. The fourth-order valence-corrected chi connectivity index (χ4v) is 7.21. The number of nitrogens with zero attached hydrogens (tertiary/aromatic N) is 2. The van der Waals surface area contributed by atoms with Crippen molar-refractivity contribution in [2.45, 2.75) is 36.6 Å². The zero-order valence-electron chi connectivity index (χ0n) is 22.2. The normalized spacial score (nSPS) is 11.4. The number of benzene rings is 3. The third-order valence-corrected chi connectivity index (χ3v) is 8.95. The number of hydrogen-bond donors (Lipinski definition) is 1. The quantitative estimate of drug-likeness (QED) is 0.246. The lowest BCUT2D eigenvalue weighted by Crippen LogP contribution is -2.38. The molecular formula is C30H29N3O4S2. The number of ether oxygens (including phenoxy) is 1. The van der Waals surface area contributed by atoms with E-state index in [2.05, 4.69) is 43.4 Å². The van der Waals surface area contributed by atoms with Crippen LogP contribution in [0.25, 0.3) is 21.0 Å². The molecule has 7 nitrogen and oxygen atoms in total. The number of aromatic nitrogens is 2. The summed E-state index contributed by atoms with van der Waals surface area (Å²) >= 11 is 2.98. The van der Waals surface area contributed by atoms with Gasteiger partial charge in [-0.15, -0.1) is 11.3 Å². The van der Waals surface area contributed by atoms with Crippen molar-refractivity contribution in [2.75, 3.05) is 12.4 Å². The van der Waals surface area contributed by atoms with E-state index in [9.17, 15) is 14.4 Å². The van der Waals surface area contributed by atoms with Crippen LogP contribution in [-0.2, 0) is 24.8 Å². The van der Waals surface area contributed by atoms with Crippen LogP contribution in [0.1, 0.15) is 24.3 Å². The first-order valence-electron chi connectivity index (χ1n) is 12.6. The molecule has 2 aromatic heterocycles. The van der Waals surface area contributed by atoms with Crippen molar-refractivity contribution in [3.8, 4) is 0 Å². The molecule has 0 radical (unpaired) electrons. The highest BCUT2D eigenvalue weighted by Gasteiger charge is 2.23.